The van der Waals surface area contributed by atoms with Crippen LogP contribution >= 0.6 is 15.9 Å². The van der Waals surface area contributed by atoms with Crippen LogP contribution in [0.15, 0.2) is 24.5 Å². The van der Waals surface area contributed by atoms with E-state index < -0.39 is 0 Å². The number of aromatic nitrogens is 1. The normalized spacial score (nSPS) is 9.12. The van der Waals surface area contributed by atoms with E-state index in [1.165, 1.54) is 0 Å². The largest absolute Gasteiger partial charge is 0.264 e. The van der Waals surface area contributed by atoms with Gasteiger partial charge in [0.2, 0.25) is 0 Å². The van der Waals surface area contributed by atoms with Crippen molar-refractivity contribution in [2.24, 2.45) is 0 Å². The van der Waals surface area contributed by atoms with Crippen molar-refractivity contribution in [2.45, 2.75) is 0 Å². The topological polar surface area (TPSA) is 12.9 Å². The van der Waals surface area contributed by atoms with Crippen molar-refractivity contribution in [1.29, 1.82) is 0 Å². The summed E-state index contributed by atoms with van der Waals surface area (Å²) in [5.74, 6) is 0. The molecule has 1 nitrogen and oxygen atoms in total. The molecule has 0 aliphatic heterocycles. The van der Waals surface area contributed by atoms with Crippen LogP contribution < -0.4 is 0 Å². The van der Waals surface area contributed by atoms with Crippen LogP contribution in [-0.2, 0) is 0 Å². The van der Waals surface area contributed by atoms with Gasteiger partial charge in [0.15, 0.2) is 0 Å². The van der Waals surface area contributed by atoms with E-state index in [0.29, 0.717) is 0 Å². The van der Waals surface area contributed by atoms with Gasteiger partial charge < -0.3 is 0 Å². The number of hydrogen-bond acceptors (Lipinski definition) is 1. The van der Waals surface area contributed by atoms with Crippen molar-refractivity contribution < 1.29 is 0 Å². The van der Waals surface area contributed by atoms with E-state index in [4.69, 9.17) is 0 Å². The van der Waals surface area contributed by atoms with Crippen molar-refractivity contribution in [3.05, 3.63) is 35.4 Å². The molecule has 0 unspecified atom stereocenters. The SMILES string of the molecule is Br[CH]c1cccnc1. The van der Waals surface area contributed by atoms with Gasteiger partial charge in [0.05, 0.1) is 5.33 Å². The molecule has 0 spiro atoms. The van der Waals surface area contributed by atoms with Gasteiger partial charge in [-0.05, 0) is 11.6 Å². The molecular formula is C6H5BrN. The maximum absolute atomic E-state index is 3.89. The minimum absolute atomic E-state index is 1.09. The minimum Gasteiger partial charge on any atom is -0.264 e. The average Bonchev–Trinajstić information content (AvgIpc) is 1.90. The Kier molecular flexibility index (Phi) is 2.03. The predicted octanol–water partition coefficient (Wildman–Crippen LogP) is 1.99. The second kappa shape index (κ2) is 2.82. The van der Waals surface area contributed by atoms with Gasteiger partial charge >= 0.3 is 0 Å². The fraction of sp³-hybridized carbons (Fsp3) is 0. The van der Waals surface area contributed by atoms with Gasteiger partial charge in [-0.1, -0.05) is 22.0 Å². The van der Waals surface area contributed by atoms with Crippen molar-refractivity contribution in [2.75, 3.05) is 0 Å². The molecular weight excluding hydrogens is 166 g/mol. The first-order valence-electron chi connectivity index (χ1n) is 2.27. The third kappa shape index (κ3) is 1.30. The Labute approximate surface area is 56.9 Å². The third-order valence-electron chi connectivity index (χ3n) is 0.810. The second-order valence-corrected chi connectivity index (χ2v) is 1.85. The lowest BCUT2D eigenvalue weighted by molar-refractivity contribution is 1.30. The first-order valence-corrected chi connectivity index (χ1v) is 3.18. The Balaban J connectivity index is 2.83. The third-order valence-corrected chi connectivity index (χ3v) is 1.34. The zero-order valence-corrected chi connectivity index (χ0v) is 5.80. The highest BCUT2D eigenvalue weighted by molar-refractivity contribution is 9.10. The van der Waals surface area contributed by atoms with Gasteiger partial charge in [0, 0.05) is 12.4 Å². The highest BCUT2D eigenvalue weighted by Crippen LogP contribution is 2.03. The maximum Gasteiger partial charge on any atom is 0.0576 e. The van der Waals surface area contributed by atoms with E-state index in [1.54, 1.807) is 12.4 Å². The standard InChI is InChI=1S/C6H5BrN/c7-4-6-2-1-3-8-5-6/h1-5H. The Morgan fingerprint density at radius 3 is 2.88 bits per heavy atom. The summed E-state index contributed by atoms with van der Waals surface area (Å²) in [7, 11) is 0. The minimum atomic E-state index is 1.09. The smallest absolute Gasteiger partial charge is 0.0576 e. The molecule has 2 heteroatoms. The van der Waals surface area contributed by atoms with Gasteiger partial charge in [-0.15, -0.1) is 0 Å². The lowest BCUT2D eigenvalue weighted by Gasteiger charge is -1.87. The first-order chi connectivity index (χ1) is 3.93. The zero-order valence-electron chi connectivity index (χ0n) is 4.21. The quantitative estimate of drug-likeness (QED) is 0.629. The van der Waals surface area contributed by atoms with Crippen molar-refractivity contribution >= 4 is 15.9 Å². The summed E-state index contributed by atoms with van der Waals surface area (Å²) in [6, 6.07) is 3.87. The van der Waals surface area contributed by atoms with E-state index in [-0.39, 0.29) is 0 Å². The van der Waals surface area contributed by atoms with Gasteiger partial charge in [-0.25, -0.2) is 0 Å². The molecule has 0 fully saturated rings. The number of halogens is 1. The van der Waals surface area contributed by atoms with Crippen LogP contribution in [0.3, 0.4) is 0 Å². The van der Waals surface area contributed by atoms with E-state index in [9.17, 15) is 0 Å². The predicted molar refractivity (Wildman–Crippen MR) is 36.6 cm³/mol. The molecule has 0 N–H and O–H groups in total. The molecule has 0 saturated carbocycles. The molecule has 1 aromatic heterocycles. The van der Waals surface area contributed by atoms with Crippen LogP contribution in [-0.4, -0.2) is 4.98 Å². The molecule has 0 aromatic carbocycles. The van der Waals surface area contributed by atoms with Gasteiger partial charge in [0.1, 0.15) is 0 Å². The molecule has 41 valence electrons. The van der Waals surface area contributed by atoms with E-state index in [1.807, 2.05) is 17.5 Å². The van der Waals surface area contributed by atoms with Crippen molar-refractivity contribution in [3.8, 4) is 0 Å². The number of nitrogens with zero attached hydrogens (tertiary/aromatic N) is 1. The molecule has 0 saturated heterocycles. The molecule has 1 radical (unpaired) electrons. The van der Waals surface area contributed by atoms with Crippen LogP contribution in [0.25, 0.3) is 0 Å². The van der Waals surface area contributed by atoms with Gasteiger partial charge in [-0.3, -0.25) is 4.98 Å². The average molecular weight is 171 g/mol. The van der Waals surface area contributed by atoms with Gasteiger partial charge in [0.25, 0.3) is 0 Å². The van der Waals surface area contributed by atoms with Crippen LogP contribution in [0.2, 0.25) is 0 Å². The van der Waals surface area contributed by atoms with Crippen LogP contribution in [0.4, 0.5) is 0 Å². The summed E-state index contributed by atoms with van der Waals surface area (Å²) in [6.45, 7) is 0. The number of hydrogen-bond donors (Lipinski definition) is 0. The van der Waals surface area contributed by atoms with Crippen molar-refractivity contribution in [3.63, 3.8) is 0 Å². The highest BCUT2D eigenvalue weighted by Gasteiger charge is 1.83. The molecule has 1 heterocycles. The summed E-state index contributed by atoms with van der Waals surface area (Å²) in [6.07, 6.45) is 3.54. The van der Waals surface area contributed by atoms with Crippen molar-refractivity contribution in [1.82, 2.24) is 4.98 Å². The van der Waals surface area contributed by atoms with Gasteiger partial charge in [-0.2, -0.15) is 0 Å². The van der Waals surface area contributed by atoms with Crippen LogP contribution in [0, 0.1) is 5.33 Å². The summed E-state index contributed by atoms with van der Waals surface area (Å²) >= 11 is 3.19. The molecule has 8 heavy (non-hydrogen) atoms. The Morgan fingerprint density at radius 1 is 1.62 bits per heavy atom. The first kappa shape index (κ1) is 5.76. The fourth-order valence-electron chi connectivity index (χ4n) is 0.441. The van der Waals surface area contributed by atoms with Crippen LogP contribution in [0.1, 0.15) is 5.56 Å². The summed E-state index contributed by atoms with van der Waals surface area (Å²) in [5.41, 5.74) is 1.09. The zero-order chi connectivity index (χ0) is 5.82. The Morgan fingerprint density at radius 2 is 2.50 bits per heavy atom. The lowest BCUT2D eigenvalue weighted by Crippen LogP contribution is -1.73. The summed E-state index contributed by atoms with van der Waals surface area (Å²) in [4.78, 5) is 3.89. The number of rotatable bonds is 1. The Hall–Kier alpha value is -0.370. The molecule has 0 aliphatic rings. The second-order valence-electron chi connectivity index (χ2n) is 1.40. The number of pyridine rings is 1. The fourth-order valence-corrected chi connectivity index (χ4v) is 0.711. The van der Waals surface area contributed by atoms with Crippen LogP contribution in [0.5, 0.6) is 0 Å². The molecule has 0 amide bonds. The maximum atomic E-state index is 3.89. The van der Waals surface area contributed by atoms with E-state index in [0.717, 1.165) is 5.56 Å². The van der Waals surface area contributed by atoms with E-state index >= 15 is 0 Å². The Bertz CT molecular complexity index is 150. The summed E-state index contributed by atoms with van der Waals surface area (Å²) in [5, 5.41) is 1.83. The molecule has 1 aromatic rings. The summed E-state index contributed by atoms with van der Waals surface area (Å²) < 4.78 is 0. The monoisotopic (exact) mass is 170 g/mol. The molecule has 0 aliphatic carbocycles. The van der Waals surface area contributed by atoms with E-state index in [2.05, 4.69) is 20.9 Å². The lowest BCUT2D eigenvalue weighted by atomic mass is 10.3. The molecule has 1 rings (SSSR count). The molecule has 0 atom stereocenters. The highest BCUT2D eigenvalue weighted by atomic mass is 79.9. The molecule has 0 bridgehead atoms.